The number of piperidine rings is 1. The van der Waals surface area contributed by atoms with E-state index in [0.29, 0.717) is 18.9 Å². The Bertz CT molecular complexity index is 1170. The molecule has 34 heavy (non-hydrogen) atoms. The van der Waals surface area contributed by atoms with Gasteiger partial charge in [-0.05, 0) is 69.4 Å². The maximum atomic E-state index is 14.1. The largest absolute Gasteiger partial charge is 0.360 e. The van der Waals surface area contributed by atoms with Crippen molar-refractivity contribution < 1.29 is 30.9 Å². The van der Waals surface area contributed by atoms with Crippen molar-refractivity contribution in [1.29, 1.82) is 0 Å². The average Bonchev–Trinajstić information content (AvgIpc) is 3.25. The molecular formula is C23H28F3N3O4S. The van der Waals surface area contributed by atoms with Crippen molar-refractivity contribution in [3.63, 3.8) is 0 Å². The summed E-state index contributed by atoms with van der Waals surface area (Å²) in [6.45, 7) is 4.61. The minimum absolute atomic E-state index is 0.0118. The summed E-state index contributed by atoms with van der Waals surface area (Å²) in [6.07, 6.45) is 3.31. The molecule has 4 rings (SSSR count). The van der Waals surface area contributed by atoms with Gasteiger partial charge in [0.15, 0.2) is 17.4 Å². The van der Waals surface area contributed by atoms with Crippen LogP contribution in [0.1, 0.15) is 49.6 Å². The molecule has 7 nitrogen and oxygen atoms in total. The van der Waals surface area contributed by atoms with Crippen LogP contribution in [-0.4, -0.2) is 43.0 Å². The van der Waals surface area contributed by atoms with Gasteiger partial charge in [-0.25, -0.2) is 26.3 Å². The van der Waals surface area contributed by atoms with Gasteiger partial charge >= 0.3 is 0 Å². The molecule has 1 unspecified atom stereocenters. The number of benzene rings is 1. The molecule has 186 valence electrons. The van der Waals surface area contributed by atoms with E-state index in [0.717, 1.165) is 18.9 Å². The Hall–Kier alpha value is -2.40. The molecule has 3 heterocycles. The van der Waals surface area contributed by atoms with Gasteiger partial charge in [0.25, 0.3) is 0 Å². The van der Waals surface area contributed by atoms with E-state index in [9.17, 15) is 26.4 Å². The monoisotopic (exact) mass is 499 g/mol. The number of sulfonamides is 1. The summed E-state index contributed by atoms with van der Waals surface area (Å²) in [5, 5.41) is 3.65. The molecule has 1 aromatic heterocycles. The summed E-state index contributed by atoms with van der Waals surface area (Å²) < 4.78 is 73.4. The number of carbonyl (C=O) groups is 1. The van der Waals surface area contributed by atoms with Gasteiger partial charge in [0.1, 0.15) is 16.4 Å². The number of hydrogen-bond acceptors (Lipinski definition) is 5. The highest BCUT2D eigenvalue weighted by Crippen LogP contribution is 2.42. The van der Waals surface area contributed by atoms with Gasteiger partial charge in [0, 0.05) is 18.2 Å². The Kier molecular flexibility index (Phi) is 6.78. The first kappa shape index (κ1) is 24.7. The number of carbonyl (C=O) groups excluding carboxylic acids is 1. The Morgan fingerprint density at radius 2 is 1.76 bits per heavy atom. The molecule has 2 aromatic rings. The number of aromatic nitrogens is 1. The first-order valence-electron chi connectivity index (χ1n) is 11.3. The normalized spacial score (nSPS) is 23.4. The SMILES string of the molecule is Cc1noc(C)c1S(=O)(=O)NCC(=O)N1[C@@H]2CC[C@H]1CC([C@H](C)Cc1cc(F)c(F)cc1F)C2. The smallest absolute Gasteiger partial charge is 0.246 e. The Balaban J connectivity index is 1.38. The number of fused-ring (bicyclic) bond motifs is 2. The van der Waals surface area contributed by atoms with Gasteiger partial charge in [-0.3, -0.25) is 4.79 Å². The zero-order valence-electron chi connectivity index (χ0n) is 19.3. The number of nitrogens with one attached hydrogen (secondary N) is 1. The van der Waals surface area contributed by atoms with Crippen LogP contribution in [0.5, 0.6) is 0 Å². The minimum atomic E-state index is -3.94. The molecule has 0 aliphatic carbocycles. The fourth-order valence-corrected chi connectivity index (χ4v) is 6.80. The van der Waals surface area contributed by atoms with Crippen LogP contribution in [0.15, 0.2) is 21.6 Å². The molecule has 2 fully saturated rings. The lowest BCUT2D eigenvalue weighted by Gasteiger charge is -2.41. The van der Waals surface area contributed by atoms with Crippen molar-refractivity contribution in [2.45, 2.75) is 69.9 Å². The second-order valence-corrected chi connectivity index (χ2v) is 11.1. The van der Waals surface area contributed by atoms with E-state index in [1.54, 1.807) is 4.90 Å². The topological polar surface area (TPSA) is 92.5 Å². The number of amides is 1. The molecule has 0 radical (unpaired) electrons. The third-order valence-corrected chi connectivity index (χ3v) is 8.79. The highest BCUT2D eigenvalue weighted by Gasteiger charge is 2.44. The van der Waals surface area contributed by atoms with Gasteiger partial charge in [-0.15, -0.1) is 0 Å². The Morgan fingerprint density at radius 1 is 1.15 bits per heavy atom. The molecule has 2 aliphatic heterocycles. The number of halogens is 3. The van der Waals surface area contributed by atoms with Crippen LogP contribution in [-0.2, 0) is 21.2 Å². The average molecular weight is 500 g/mol. The molecule has 4 atom stereocenters. The predicted octanol–water partition coefficient (Wildman–Crippen LogP) is 3.64. The van der Waals surface area contributed by atoms with Crippen molar-refractivity contribution in [1.82, 2.24) is 14.8 Å². The number of aryl methyl sites for hydroxylation is 2. The highest BCUT2D eigenvalue weighted by atomic mass is 32.2. The molecule has 1 N–H and O–H groups in total. The van der Waals surface area contributed by atoms with E-state index >= 15 is 0 Å². The van der Waals surface area contributed by atoms with E-state index < -0.39 is 27.5 Å². The quantitative estimate of drug-likeness (QED) is 0.588. The lowest BCUT2D eigenvalue weighted by atomic mass is 9.79. The Morgan fingerprint density at radius 3 is 2.35 bits per heavy atom. The van der Waals surface area contributed by atoms with Crippen molar-refractivity contribution in [2.75, 3.05) is 6.54 Å². The maximum Gasteiger partial charge on any atom is 0.246 e. The van der Waals surface area contributed by atoms with Crippen LogP contribution in [0.4, 0.5) is 13.2 Å². The van der Waals surface area contributed by atoms with Gasteiger partial charge in [-0.2, -0.15) is 0 Å². The molecule has 2 saturated heterocycles. The number of rotatable bonds is 7. The van der Waals surface area contributed by atoms with Crippen molar-refractivity contribution in [2.24, 2.45) is 11.8 Å². The highest BCUT2D eigenvalue weighted by molar-refractivity contribution is 7.89. The first-order chi connectivity index (χ1) is 16.0. The molecule has 0 saturated carbocycles. The third kappa shape index (κ3) is 4.72. The van der Waals surface area contributed by atoms with E-state index in [1.807, 2.05) is 6.92 Å². The summed E-state index contributed by atoms with van der Waals surface area (Å²) >= 11 is 0. The van der Waals surface area contributed by atoms with Gasteiger partial charge in [0.2, 0.25) is 15.9 Å². The molecular weight excluding hydrogens is 471 g/mol. The van der Waals surface area contributed by atoms with Gasteiger partial charge in [-0.1, -0.05) is 12.1 Å². The van der Waals surface area contributed by atoms with E-state index in [4.69, 9.17) is 4.52 Å². The van der Waals surface area contributed by atoms with Crippen molar-refractivity contribution in [3.8, 4) is 0 Å². The fraction of sp³-hybridized carbons (Fsp3) is 0.565. The van der Waals surface area contributed by atoms with Crippen LogP contribution in [0.3, 0.4) is 0 Å². The molecule has 2 bridgehead atoms. The summed E-state index contributed by atoms with van der Waals surface area (Å²) in [7, 11) is -3.94. The molecule has 0 spiro atoms. The number of nitrogens with zero attached hydrogens (tertiary/aromatic N) is 2. The standard InChI is InChI=1S/C23H28F3N3O4S/c1-12(6-16-9-20(25)21(26)10-19(16)24)15-7-17-4-5-18(8-15)29(17)22(30)11-27-34(31,32)23-13(2)28-33-14(23)3/h9-10,12,15,17-18,27H,4-8,11H2,1-3H3/t12-,15?,17-,18+/m1/s1. The molecule has 1 amide bonds. The van der Waals surface area contributed by atoms with Crippen LogP contribution in [0, 0.1) is 43.1 Å². The minimum Gasteiger partial charge on any atom is -0.360 e. The Labute approximate surface area is 196 Å². The van der Waals surface area contributed by atoms with Crippen LogP contribution in [0.2, 0.25) is 0 Å². The van der Waals surface area contributed by atoms with Gasteiger partial charge in [0.05, 0.1) is 6.54 Å². The zero-order valence-corrected chi connectivity index (χ0v) is 20.1. The molecule has 1 aromatic carbocycles. The first-order valence-corrected chi connectivity index (χ1v) is 12.8. The van der Waals surface area contributed by atoms with E-state index in [-0.39, 0.29) is 64.7 Å². The van der Waals surface area contributed by atoms with Crippen LogP contribution < -0.4 is 4.72 Å². The second-order valence-electron chi connectivity index (χ2n) is 9.43. The molecule has 11 heteroatoms. The predicted molar refractivity (Wildman–Crippen MR) is 117 cm³/mol. The van der Waals surface area contributed by atoms with E-state index in [2.05, 4.69) is 9.88 Å². The van der Waals surface area contributed by atoms with Crippen molar-refractivity contribution >= 4 is 15.9 Å². The van der Waals surface area contributed by atoms with Gasteiger partial charge < -0.3 is 9.42 Å². The van der Waals surface area contributed by atoms with Crippen molar-refractivity contribution in [3.05, 3.63) is 46.6 Å². The van der Waals surface area contributed by atoms with E-state index in [1.165, 1.54) is 13.8 Å². The third-order valence-electron chi connectivity index (χ3n) is 7.14. The summed E-state index contributed by atoms with van der Waals surface area (Å²) in [4.78, 5) is 14.7. The number of hydrogen-bond donors (Lipinski definition) is 1. The lowest BCUT2D eigenvalue weighted by Crippen LogP contribution is -2.51. The second kappa shape index (κ2) is 9.33. The maximum absolute atomic E-state index is 14.1. The zero-order chi connectivity index (χ0) is 24.8. The summed E-state index contributed by atoms with van der Waals surface area (Å²) in [6, 6.07) is 1.43. The summed E-state index contributed by atoms with van der Waals surface area (Å²) in [5.41, 5.74) is 0.371. The fourth-order valence-electron chi connectivity index (χ4n) is 5.50. The van der Waals surface area contributed by atoms with Crippen LogP contribution in [0.25, 0.3) is 0 Å². The van der Waals surface area contributed by atoms with Crippen LogP contribution >= 0.6 is 0 Å². The lowest BCUT2D eigenvalue weighted by molar-refractivity contribution is -0.135. The summed E-state index contributed by atoms with van der Waals surface area (Å²) in [5.74, 6) is -2.96. The molecule has 2 aliphatic rings.